The van der Waals surface area contributed by atoms with Gasteiger partial charge in [-0.15, -0.1) is 0 Å². The summed E-state index contributed by atoms with van der Waals surface area (Å²) in [5.41, 5.74) is 1.32. The molecule has 0 radical (unpaired) electrons. The Morgan fingerprint density at radius 2 is 1.41 bits per heavy atom. The second kappa shape index (κ2) is 14.3. The summed E-state index contributed by atoms with van der Waals surface area (Å²) in [5.74, 6) is 0.565. The molecule has 0 saturated heterocycles. The van der Waals surface area contributed by atoms with Gasteiger partial charge in [-0.3, -0.25) is 0 Å². The Bertz CT molecular complexity index is 320. The fraction of sp³-hybridized carbons (Fsp3) is 0.462. The normalized spacial score (nSPS) is 7.41. The zero-order chi connectivity index (χ0) is 13.5. The molecule has 0 spiro atoms. The number of nitrogens with zero attached hydrogens (tertiary/aromatic N) is 3. The van der Waals surface area contributed by atoms with E-state index in [1.165, 1.54) is 5.56 Å². The van der Waals surface area contributed by atoms with Crippen molar-refractivity contribution in [3.05, 3.63) is 41.7 Å². The zero-order valence-electron chi connectivity index (χ0n) is 11.6. The molecule has 1 aromatic heterocycles. The number of aryl methyl sites for hydroxylation is 2. The van der Waals surface area contributed by atoms with Crippen molar-refractivity contribution in [3.63, 3.8) is 0 Å². The van der Waals surface area contributed by atoms with Gasteiger partial charge in [0.05, 0.1) is 5.27 Å². The summed E-state index contributed by atoms with van der Waals surface area (Å²) >= 11 is 0. The predicted molar refractivity (Wildman–Crippen MR) is 70.7 cm³/mol. The largest absolute Gasteiger partial charge is 0.222 e. The van der Waals surface area contributed by atoms with Crippen LogP contribution in [-0.2, 0) is 0 Å². The van der Waals surface area contributed by atoms with E-state index >= 15 is 0 Å². The summed E-state index contributed by atoms with van der Waals surface area (Å²) < 4.78 is 4.10. The smallest absolute Gasteiger partial charge is 0.193 e. The summed E-state index contributed by atoms with van der Waals surface area (Å²) in [4.78, 5) is 0. The third-order valence-electron chi connectivity index (χ3n) is 1.34. The van der Waals surface area contributed by atoms with E-state index in [1.807, 2.05) is 45.9 Å². The van der Waals surface area contributed by atoms with Gasteiger partial charge in [-0.25, -0.2) is 4.63 Å². The molecule has 0 aliphatic rings. The maximum atomic E-state index is 4.10. The lowest BCUT2D eigenvalue weighted by atomic mass is 10.2. The maximum Gasteiger partial charge on any atom is 0.193 e. The molecule has 0 saturated carbocycles. The van der Waals surface area contributed by atoms with Crippen molar-refractivity contribution in [1.82, 2.24) is 15.5 Å². The second-order valence-electron chi connectivity index (χ2n) is 2.56. The third kappa shape index (κ3) is 12.2. The highest BCUT2D eigenvalue weighted by molar-refractivity contribution is 5.11. The highest BCUT2D eigenvalue weighted by atomic mass is 16.6. The van der Waals surface area contributed by atoms with E-state index in [2.05, 4.69) is 39.2 Å². The van der Waals surface area contributed by atoms with Crippen molar-refractivity contribution in [3.8, 4) is 0 Å². The van der Waals surface area contributed by atoms with Gasteiger partial charge in [-0.05, 0) is 12.1 Å². The fourth-order valence-corrected chi connectivity index (χ4v) is 0.707. The van der Waals surface area contributed by atoms with Crippen molar-refractivity contribution >= 4 is 0 Å². The molecular weight excluding hydrogens is 214 g/mol. The van der Waals surface area contributed by atoms with Crippen LogP contribution in [0.25, 0.3) is 0 Å². The number of rotatable bonds is 0. The van der Waals surface area contributed by atoms with Crippen LogP contribution in [0.2, 0.25) is 0 Å². The maximum absolute atomic E-state index is 4.10. The molecule has 4 heteroatoms. The minimum Gasteiger partial charge on any atom is -0.222 e. The van der Waals surface area contributed by atoms with Gasteiger partial charge >= 0.3 is 0 Å². The summed E-state index contributed by atoms with van der Waals surface area (Å²) in [6, 6.07) is 10.3. The van der Waals surface area contributed by atoms with Gasteiger partial charge < -0.3 is 0 Å². The lowest BCUT2D eigenvalue weighted by Crippen LogP contribution is -1.68. The van der Waals surface area contributed by atoms with Gasteiger partial charge in [0.15, 0.2) is 5.82 Å². The van der Waals surface area contributed by atoms with Crippen molar-refractivity contribution in [2.75, 3.05) is 0 Å². The van der Waals surface area contributed by atoms with E-state index in [-0.39, 0.29) is 0 Å². The van der Waals surface area contributed by atoms with Gasteiger partial charge in [0.25, 0.3) is 0 Å². The molecule has 1 aromatic carbocycles. The van der Waals surface area contributed by atoms with E-state index in [9.17, 15) is 0 Å². The van der Waals surface area contributed by atoms with Crippen LogP contribution in [0, 0.1) is 13.8 Å². The molecule has 0 aliphatic carbocycles. The Kier molecular flexibility index (Phi) is 14.9. The molecule has 2 rings (SSSR count). The molecule has 0 fully saturated rings. The standard InChI is InChI=1S/C7H8.C2H3N3O.2C2H6/c1-7-5-3-2-4-6-7;1-2-3-5-6-4-2;2*1-2/h2-6H,1H3;1H3;2*1-2H3. The Morgan fingerprint density at radius 1 is 0.882 bits per heavy atom. The number of aromatic nitrogens is 3. The van der Waals surface area contributed by atoms with E-state index in [0.29, 0.717) is 5.82 Å². The molecule has 0 unspecified atom stereocenters. The molecule has 0 N–H and O–H groups in total. The predicted octanol–water partition coefficient (Wildman–Crippen LogP) is 3.82. The van der Waals surface area contributed by atoms with Gasteiger partial charge in [-0.1, -0.05) is 68.7 Å². The summed E-state index contributed by atoms with van der Waals surface area (Å²) in [6.07, 6.45) is 0. The molecule has 1 heterocycles. The number of hydrogen-bond donors (Lipinski definition) is 0. The zero-order valence-corrected chi connectivity index (χ0v) is 11.6. The Labute approximate surface area is 104 Å². The topological polar surface area (TPSA) is 51.8 Å². The highest BCUT2D eigenvalue weighted by Crippen LogP contribution is 1.92. The first-order valence-electron chi connectivity index (χ1n) is 5.92. The first-order valence-corrected chi connectivity index (χ1v) is 5.92. The van der Waals surface area contributed by atoms with E-state index < -0.39 is 0 Å². The van der Waals surface area contributed by atoms with E-state index in [0.717, 1.165) is 0 Å². The van der Waals surface area contributed by atoms with Crippen LogP contribution in [0.1, 0.15) is 39.1 Å². The first-order chi connectivity index (χ1) is 8.29. The molecule has 0 bridgehead atoms. The molecule has 0 aliphatic heterocycles. The van der Waals surface area contributed by atoms with Crippen LogP contribution in [0.15, 0.2) is 35.0 Å². The Balaban J connectivity index is 0. The van der Waals surface area contributed by atoms with Gasteiger partial charge in [0, 0.05) is 6.92 Å². The Hall–Kier alpha value is -1.71. The van der Waals surface area contributed by atoms with Crippen LogP contribution in [0.5, 0.6) is 0 Å². The molecule has 0 amide bonds. The molecule has 0 atom stereocenters. The molecule has 2 aromatic rings. The SMILES string of the molecule is CC.CC.Cc1ccccc1.Cc1nnon1. The lowest BCUT2D eigenvalue weighted by Gasteiger charge is -1.82. The van der Waals surface area contributed by atoms with Crippen LogP contribution >= 0.6 is 0 Å². The number of hydrogen-bond acceptors (Lipinski definition) is 4. The first kappa shape index (κ1) is 17.7. The third-order valence-corrected chi connectivity index (χ3v) is 1.34. The minimum atomic E-state index is 0.565. The van der Waals surface area contributed by atoms with Crippen LogP contribution in [-0.4, -0.2) is 15.5 Å². The molecule has 17 heavy (non-hydrogen) atoms. The van der Waals surface area contributed by atoms with Gasteiger partial charge in [-0.2, -0.15) is 0 Å². The lowest BCUT2D eigenvalue weighted by molar-refractivity contribution is 0.291. The average Bonchev–Trinajstić information content (AvgIpc) is 2.87. The highest BCUT2D eigenvalue weighted by Gasteiger charge is 1.81. The second-order valence-corrected chi connectivity index (χ2v) is 2.56. The van der Waals surface area contributed by atoms with Crippen LogP contribution < -0.4 is 0 Å². The Morgan fingerprint density at radius 3 is 1.59 bits per heavy atom. The van der Waals surface area contributed by atoms with Crippen molar-refractivity contribution in [1.29, 1.82) is 0 Å². The van der Waals surface area contributed by atoms with Gasteiger partial charge in [0.1, 0.15) is 0 Å². The van der Waals surface area contributed by atoms with Crippen LogP contribution in [0.3, 0.4) is 0 Å². The molecular formula is C13H23N3O. The van der Waals surface area contributed by atoms with E-state index in [4.69, 9.17) is 0 Å². The quantitative estimate of drug-likeness (QED) is 0.699. The monoisotopic (exact) mass is 237 g/mol. The summed E-state index contributed by atoms with van der Waals surface area (Å²) in [7, 11) is 0. The van der Waals surface area contributed by atoms with Gasteiger partial charge in [0.2, 0.25) is 0 Å². The summed E-state index contributed by atoms with van der Waals surface area (Å²) in [6.45, 7) is 11.8. The minimum absolute atomic E-state index is 0.565. The number of benzene rings is 1. The van der Waals surface area contributed by atoms with Crippen LogP contribution in [0.4, 0.5) is 0 Å². The fourth-order valence-electron chi connectivity index (χ4n) is 0.707. The van der Waals surface area contributed by atoms with Crippen molar-refractivity contribution in [2.24, 2.45) is 0 Å². The van der Waals surface area contributed by atoms with Crippen molar-refractivity contribution in [2.45, 2.75) is 41.5 Å². The summed E-state index contributed by atoms with van der Waals surface area (Å²) in [5, 5.41) is 9.79. The molecule has 4 nitrogen and oxygen atoms in total. The van der Waals surface area contributed by atoms with Crippen molar-refractivity contribution < 1.29 is 4.63 Å². The molecule has 96 valence electrons. The van der Waals surface area contributed by atoms with E-state index in [1.54, 1.807) is 6.92 Å². The average molecular weight is 237 g/mol.